The minimum Gasteiger partial charge on any atom is -0.549 e. The number of aliphatic carboxylic acids is 5. The quantitative estimate of drug-likeness (QED) is 0.114. The molecule has 14 nitrogen and oxygen atoms in total. The molecule has 0 aromatic heterocycles. The fourth-order valence-electron chi connectivity index (χ4n) is 3.69. The van der Waals surface area contributed by atoms with Crippen LogP contribution >= 0.6 is 0 Å². The molecule has 0 fully saturated rings. The van der Waals surface area contributed by atoms with E-state index in [4.69, 9.17) is 4.74 Å². The fourth-order valence-corrected chi connectivity index (χ4v) is 3.69. The van der Waals surface area contributed by atoms with Crippen LogP contribution in [0.15, 0.2) is 24.3 Å². The summed E-state index contributed by atoms with van der Waals surface area (Å²) in [6, 6.07) is 5.80. The molecule has 0 amide bonds. The molecule has 1 aromatic rings. The van der Waals surface area contributed by atoms with Gasteiger partial charge in [0.25, 0.3) is 0 Å². The molecule has 0 saturated carbocycles. The number of hydrogen-bond donors (Lipinski definition) is 0. The Morgan fingerprint density at radius 3 is 1.50 bits per heavy atom. The maximum atomic E-state index is 11.4. The van der Waals surface area contributed by atoms with E-state index in [1.807, 2.05) is 0 Å². The third kappa shape index (κ3) is 20.5. The number of carboxylic acids is 5. The molecule has 1 radical (unpaired) electrons. The molecule has 0 N–H and O–H groups in total. The average Bonchev–Trinajstić information content (AvgIpc) is 2.76. The van der Waals surface area contributed by atoms with Crippen molar-refractivity contribution in [3.05, 3.63) is 29.8 Å². The van der Waals surface area contributed by atoms with Crippen molar-refractivity contribution in [3.63, 3.8) is 0 Å². The minimum absolute atomic E-state index is 0. The zero-order valence-electron chi connectivity index (χ0n) is 22.6. The summed E-state index contributed by atoms with van der Waals surface area (Å²) in [7, 11) is 0. The first-order valence-corrected chi connectivity index (χ1v) is 11.3. The zero-order chi connectivity index (χ0) is 28.0. The molecule has 211 valence electrons. The molecule has 1 aromatic carbocycles. The van der Waals surface area contributed by atoms with Crippen LogP contribution in [0.4, 0.5) is 0 Å². The van der Waals surface area contributed by atoms with Crippen LogP contribution in [0, 0.1) is 39.9 Å². The van der Waals surface area contributed by atoms with Gasteiger partial charge in [-0.05, 0) is 31.0 Å². The Hall–Kier alpha value is -0.425. The summed E-state index contributed by atoms with van der Waals surface area (Å²) in [5, 5.41) is 55.9. The topological polar surface area (TPSA) is 220 Å². The summed E-state index contributed by atoms with van der Waals surface area (Å²) in [5.41, 5.74) is 0.652. The summed E-state index contributed by atoms with van der Waals surface area (Å²) in [5.74, 6) is -7.21. The van der Waals surface area contributed by atoms with E-state index < -0.39 is 68.6 Å². The Morgan fingerprint density at radius 1 is 0.700 bits per heavy atom. The van der Waals surface area contributed by atoms with Crippen molar-refractivity contribution < 1.29 is 153 Å². The average molecular weight is 726 g/mol. The molecule has 0 aliphatic rings. The van der Waals surface area contributed by atoms with Crippen LogP contribution in [0.25, 0.3) is 0 Å². The van der Waals surface area contributed by atoms with Crippen molar-refractivity contribution in [1.29, 1.82) is 0 Å². The Balaban J connectivity index is -0.00000456. The SMILES string of the molecule is CCOc1ccc(C[C@@H](CN(CCN(CC(=O)[O-])CC(=O)[O-])CC(=O)[O-])N(CC(=O)[O-])CC(=O)[O-])cc1.[Gd+3].[Na+].[Na+]. The maximum absolute atomic E-state index is 11.4. The van der Waals surface area contributed by atoms with Gasteiger partial charge >= 0.3 is 99.1 Å². The first-order valence-electron chi connectivity index (χ1n) is 11.3. The molecule has 0 aliphatic heterocycles. The first-order chi connectivity index (χ1) is 17.4. The second-order valence-corrected chi connectivity index (χ2v) is 8.15. The Morgan fingerprint density at radius 2 is 1.10 bits per heavy atom. The van der Waals surface area contributed by atoms with Crippen LogP contribution in [0.3, 0.4) is 0 Å². The summed E-state index contributed by atoms with van der Waals surface area (Å²) in [4.78, 5) is 59.1. The molecule has 0 aliphatic carbocycles. The van der Waals surface area contributed by atoms with Crippen molar-refractivity contribution in [2.24, 2.45) is 0 Å². The fraction of sp³-hybridized carbons (Fsp3) is 0.522. The van der Waals surface area contributed by atoms with Crippen molar-refractivity contribution >= 4 is 29.8 Å². The predicted octanol–water partition coefficient (Wildman–Crippen LogP) is -13.3. The molecular formula is C23H28GdN3Na2O11. The van der Waals surface area contributed by atoms with Gasteiger partial charge in [0.2, 0.25) is 0 Å². The number of nitrogens with zero attached hydrogens (tertiary/aromatic N) is 3. The van der Waals surface area contributed by atoms with Gasteiger partial charge in [-0.3, -0.25) is 14.7 Å². The first kappa shape index (κ1) is 44.0. The number of hydrogen-bond acceptors (Lipinski definition) is 14. The molecular weight excluding hydrogens is 697 g/mol. The van der Waals surface area contributed by atoms with Gasteiger partial charge in [-0.2, -0.15) is 0 Å². The molecule has 17 heteroatoms. The summed E-state index contributed by atoms with van der Waals surface area (Å²) >= 11 is 0. The van der Waals surface area contributed by atoms with Gasteiger partial charge in [-0.15, -0.1) is 0 Å². The molecule has 0 unspecified atom stereocenters. The van der Waals surface area contributed by atoms with Crippen LogP contribution in [-0.4, -0.2) is 110 Å². The van der Waals surface area contributed by atoms with Crippen LogP contribution in [0.5, 0.6) is 5.75 Å². The molecule has 1 rings (SSSR count). The van der Waals surface area contributed by atoms with Crippen molar-refractivity contribution in [3.8, 4) is 5.75 Å². The maximum Gasteiger partial charge on any atom is 3.00 e. The van der Waals surface area contributed by atoms with E-state index in [1.54, 1.807) is 31.2 Å². The van der Waals surface area contributed by atoms with Crippen molar-refractivity contribution in [1.82, 2.24) is 14.7 Å². The summed E-state index contributed by atoms with van der Waals surface area (Å²) in [6.07, 6.45) is 0.0817. The van der Waals surface area contributed by atoms with Gasteiger partial charge in [0.15, 0.2) is 0 Å². The van der Waals surface area contributed by atoms with Gasteiger partial charge in [0.05, 0.1) is 36.5 Å². The van der Waals surface area contributed by atoms with Crippen LogP contribution < -0.4 is 89.4 Å². The third-order valence-electron chi connectivity index (χ3n) is 5.15. The number of carbonyl (C=O) groups excluding carboxylic acids is 5. The molecule has 40 heavy (non-hydrogen) atoms. The number of carboxylic acid groups (broad SMARTS) is 5. The monoisotopic (exact) mass is 726 g/mol. The zero-order valence-corrected chi connectivity index (χ0v) is 28.9. The number of ether oxygens (including phenoxy) is 1. The molecule has 0 bridgehead atoms. The largest absolute Gasteiger partial charge is 3.00 e. The van der Waals surface area contributed by atoms with E-state index in [0.717, 1.165) is 9.80 Å². The van der Waals surface area contributed by atoms with E-state index in [2.05, 4.69) is 0 Å². The second-order valence-electron chi connectivity index (χ2n) is 8.15. The number of benzene rings is 1. The van der Waals surface area contributed by atoms with Gasteiger partial charge in [-0.1, -0.05) is 12.1 Å². The standard InChI is InChI=1S/C23H33N3O11.Gd.2Na/c1-2-37-18-5-3-16(4-6-18)9-17(26(14-22(33)34)15-23(35)36)10-24(11-19(27)28)7-8-25(12-20(29)30)13-21(31)32;;;/h3-6,17H,2,7-15H2,1H3,(H,27,28)(H,29,30)(H,31,32)(H,33,34)(H,35,36);;;/q;+3;2*+1/p-5/t17-;;;/m0.../s1. The third-order valence-corrected chi connectivity index (χ3v) is 5.15. The number of carbonyl (C=O) groups is 5. The minimum atomic E-state index is -1.57. The molecule has 0 spiro atoms. The summed E-state index contributed by atoms with van der Waals surface area (Å²) < 4.78 is 5.38. The van der Waals surface area contributed by atoms with Crippen LogP contribution in [0.1, 0.15) is 12.5 Å². The van der Waals surface area contributed by atoms with Gasteiger partial charge < -0.3 is 54.2 Å². The van der Waals surface area contributed by atoms with Crippen LogP contribution in [-0.2, 0) is 30.4 Å². The van der Waals surface area contributed by atoms with Crippen molar-refractivity contribution in [2.45, 2.75) is 19.4 Å². The Labute approximate surface area is 308 Å². The van der Waals surface area contributed by atoms with E-state index in [0.29, 0.717) is 17.9 Å². The molecule has 0 heterocycles. The van der Waals surface area contributed by atoms with Crippen LogP contribution in [0.2, 0.25) is 0 Å². The van der Waals surface area contributed by atoms with E-state index in [1.165, 1.54) is 4.90 Å². The normalized spacial score (nSPS) is 11.1. The molecule has 1 atom stereocenters. The number of rotatable bonds is 20. The van der Waals surface area contributed by atoms with Gasteiger partial charge in [0, 0.05) is 58.4 Å². The van der Waals surface area contributed by atoms with E-state index in [9.17, 15) is 49.5 Å². The van der Waals surface area contributed by atoms with Crippen molar-refractivity contribution in [2.75, 3.05) is 59.0 Å². The molecule has 0 saturated heterocycles. The summed E-state index contributed by atoms with van der Waals surface area (Å²) in [6.45, 7) is -2.18. The smallest absolute Gasteiger partial charge is 0.549 e. The van der Waals surface area contributed by atoms with Gasteiger partial charge in [0.1, 0.15) is 5.75 Å². The van der Waals surface area contributed by atoms with E-state index in [-0.39, 0.29) is 125 Å². The Kier molecular flexibility index (Phi) is 26.5. The Bertz CT molecular complexity index is 909. The predicted molar refractivity (Wildman–Crippen MR) is 115 cm³/mol. The second kappa shape index (κ2) is 24.1. The van der Waals surface area contributed by atoms with E-state index >= 15 is 0 Å². The van der Waals surface area contributed by atoms with Gasteiger partial charge in [-0.25, -0.2) is 0 Å².